The number of rotatable bonds is 2. The quantitative estimate of drug-likeness (QED) is 0.680. The summed E-state index contributed by atoms with van der Waals surface area (Å²) in [5.41, 5.74) is 0. The molecule has 90 valence electrons. The van der Waals surface area contributed by atoms with Crippen molar-refractivity contribution in [1.82, 2.24) is 10.6 Å². The van der Waals surface area contributed by atoms with Crippen LogP contribution >= 0.6 is 0 Å². The molecule has 16 heavy (non-hydrogen) atoms. The maximum absolute atomic E-state index is 11.5. The molecule has 0 saturated carbocycles. The van der Waals surface area contributed by atoms with E-state index >= 15 is 0 Å². The van der Waals surface area contributed by atoms with E-state index in [1.54, 1.807) is 0 Å². The van der Waals surface area contributed by atoms with Gasteiger partial charge in [-0.2, -0.15) is 0 Å². The summed E-state index contributed by atoms with van der Waals surface area (Å²) >= 11 is 0. The minimum absolute atomic E-state index is 0.0296. The average molecular weight is 246 g/mol. The van der Waals surface area contributed by atoms with E-state index in [0.717, 1.165) is 11.8 Å². The molecule has 2 heterocycles. The fourth-order valence-corrected chi connectivity index (χ4v) is 2.94. The van der Waals surface area contributed by atoms with Gasteiger partial charge in [-0.1, -0.05) is 0 Å². The Hall–Kier alpha value is -1.08. The van der Waals surface area contributed by atoms with Gasteiger partial charge < -0.3 is 15.4 Å². The Bertz CT molecular complexity index is 398. The van der Waals surface area contributed by atoms with Crippen LogP contribution < -0.4 is 10.6 Å². The molecule has 2 atom stereocenters. The lowest BCUT2D eigenvalue weighted by atomic mass is 10.3. The Kier molecular flexibility index (Phi) is 3.15. The van der Waals surface area contributed by atoms with Crippen LogP contribution in [0, 0.1) is 0 Å². The zero-order valence-electron chi connectivity index (χ0n) is 8.68. The number of carbonyl (C=O) groups excluding carboxylic acids is 1. The molecule has 1 saturated heterocycles. The predicted molar refractivity (Wildman–Crippen MR) is 57.6 cm³/mol. The van der Waals surface area contributed by atoms with Gasteiger partial charge in [-0.25, -0.2) is 13.2 Å². The molecule has 0 radical (unpaired) electrons. The maximum Gasteiger partial charge on any atom is 0.315 e. The van der Waals surface area contributed by atoms with Crippen molar-refractivity contribution in [2.75, 3.05) is 19.0 Å². The van der Waals surface area contributed by atoms with Crippen molar-refractivity contribution in [3.05, 3.63) is 11.5 Å². The molecule has 7 heteroatoms. The zero-order chi connectivity index (χ0) is 11.6. The van der Waals surface area contributed by atoms with Crippen molar-refractivity contribution < 1.29 is 17.9 Å². The summed E-state index contributed by atoms with van der Waals surface area (Å²) in [5.74, 6) is -0.0540. The van der Waals surface area contributed by atoms with Gasteiger partial charge in [0.05, 0.1) is 24.4 Å². The third kappa shape index (κ3) is 2.96. The van der Waals surface area contributed by atoms with E-state index in [1.165, 1.54) is 6.08 Å². The lowest BCUT2D eigenvalue weighted by Crippen LogP contribution is -2.46. The summed E-state index contributed by atoms with van der Waals surface area (Å²) in [6, 6.07) is -0.739. The first-order valence-corrected chi connectivity index (χ1v) is 6.82. The molecule has 2 N–H and O–H groups in total. The Labute approximate surface area is 94.0 Å². The van der Waals surface area contributed by atoms with E-state index in [9.17, 15) is 13.2 Å². The summed E-state index contributed by atoms with van der Waals surface area (Å²) in [6.45, 7) is 1.18. The van der Waals surface area contributed by atoms with Crippen molar-refractivity contribution in [3.63, 3.8) is 0 Å². The fraction of sp³-hybridized carbons (Fsp3) is 0.667. The molecule has 6 nitrogen and oxygen atoms in total. The largest absolute Gasteiger partial charge is 0.379 e. The molecule has 2 aliphatic heterocycles. The van der Waals surface area contributed by atoms with Gasteiger partial charge in [-0.15, -0.1) is 0 Å². The van der Waals surface area contributed by atoms with Crippen LogP contribution in [0.5, 0.6) is 0 Å². The van der Waals surface area contributed by atoms with Gasteiger partial charge in [0.15, 0.2) is 9.84 Å². The van der Waals surface area contributed by atoms with Crippen molar-refractivity contribution in [2.45, 2.75) is 18.5 Å². The highest BCUT2D eigenvalue weighted by Crippen LogP contribution is 2.08. The van der Waals surface area contributed by atoms with Crippen LogP contribution in [0.3, 0.4) is 0 Å². The van der Waals surface area contributed by atoms with E-state index in [4.69, 9.17) is 4.74 Å². The van der Waals surface area contributed by atoms with Crippen molar-refractivity contribution in [1.29, 1.82) is 0 Å². The maximum atomic E-state index is 11.5. The number of hydrogen-bond donors (Lipinski definition) is 2. The average Bonchev–Trinajstić information content (AvgIpc) is 2.76. The molecule has 0 bridgehead atoms. The Morgan fingerprint density at radius 3 is 2.75 bits per heavy atom. The van der Waals surface area contributed by atoms with E-state index in [0.29, 0.717) is 13.2 Å². The van der Waals surface area contributed by atoms with Gasteiger partial charge in [0.25, 0.3) is 0 Å². The third-order valence-electron chi connectivity index (χ3n) is 2.51. The summed E-state index contributed by atoms with van der Waals surface area (Å²) in [7, 11) is -3.12. The standard InChI is InChI=1S/C9H14N2O4S/c12-9(10-7-1-3-15-5-7)11-8-2-4-16(13,14)6-8/h2,4,7-8H,1,3,5-6H2,(H2,10,11,12). The highest BCUT2D eigenvalue weighted by atomic mass is 32.2. The Morgan fingerprint density at radius 1 is 1.38 bits per heavy atom. The molecule has 2 aliphatic rings. The second-order valence-corrected chi connectivity index (χ2v) is 5.87. The van der Waals surface area contributed by atoms with Crippen molar-refractivity contribution >= 4 is 15.9 Å². The summed E-state index contributed by atoms with van der Waals surface area (Å²) in [4.78, 5) is 11.5. The van der Waals surface area contributed by atoms with Crippen LogP contribution in [0.2, 0.25) is 0 Å². The summed E-state index contributed by atoms with van der Waals surface area (Å²) in [6.07, 6.45) is 2.28. The number of carbonyl (C=O) groups is 1. The molecule has 1 fully saturated rings. The van der Waals surface area contributed by atoms with E-state index in [-0.39, 0.29) is 17.8 Å². The van der Waals surface area contributed by atoms with Crippen LogP contribution in [0.15, 0.2) is 11.5 Å². The van der Waals surface area contributed by atoms with E-state index in [2.05, 4.69) is 10.6 Å². The van der Waals surface area contributed by atoms with Crippen molar-refractivity contribution in [2.24, 2.45) is 0 Å². The monoisotopic (exact) mass is 246 g/mol. The number of ether oxygens (including phenoxy) is 1. The molecule has 2 rings (SSSR count). The smallest absolute Gasteiger partial charge is 0.315 e. The number of amides is 2. The first-order valence-electron chi connectivity index (χ1n) is 5.11. The van der Waals surface area contributed by atoms with Gasteiger partial charge in [0.1, 0.15) is 0 Å². The van der Waals surface area contributed by atoms with Gasteiger partial charge in [-0.3, -0.25) is 0 Å². The molecular formula is C9H14N2O4S. The highest BCUT2D eigenvalue weighted by Gasteiger charge is 2.24. The number of nitrogens with one attached hydrogen (secondary N) is 2. The summed E-state index contributed by atoms with van der Waals surface area (Å²) < 4.78 is 27.3. The number of sulfone groups is 1. The van der Waals surface area contributed by atoms with E-state index < -0.39 is 15.9 Å². The first kappa shape index (κ1) is 11.4. The molecule has 2 amide bonds. The van der Waals surface area contributed by atoms with Gasteiger partial charge >= 0.3 is 6.03 Å². The number of hydrogen-bond acceptors (Lipinski definition) is 4. The lowest BCUT2D eigenvalue weighted by molar-refractivity contribution is 0.188. The second kappa shape index (κ2) is 4.42. The fourth-order valence-electron chi connectivity index (χ4n) is 1.71. The Balaban J connectivity index is 1.78. The molecule has 0 aliphatic carbocycles. The van der Waals surface area contributed by atoms with Crippen LogP contribution in [0.25, 0.3) is 0 Å². The van der Waals surface area contributed by atoms with Gasteiger partial charge in [-0.05, 0) is 12.5 Å². The third-order valence-corrected chi connectivity index (χ3v) is 3.91. The van der Waals surface area contributed by atoms with Crippen LogP contribution in [0.4, 0.5) is 4.79 Å². The van der Waals surface area contributed by atoms with Crippen LogP contribution in [-0.4, -0.2) is 45.5 Å². The predicted octanol–water partition coefficient (Wildman–Crippen LogP) is -0.615. The molecule has 0 aromatic rings. The highest BCUT2D eigenvalue weighted by molar-refractivity contribution is 7.94. The van der Waals surface area contributed by atoms with Crippen LogP contribution in [0.1, 0.15) is 6.42 Å². The topological polar surface area (TPSA) is 84.5 Å². The van der Waals surface area contributed by atoms with Gasteiger partial charge in [0.2, 0.25) is 0 Å². The molecular weight excluding hydrogens is 232 g/mol. The number of urea groups is 1. The minimum atomic E-state index is -3.12. The van der Waals surface area contributed by atoms with E-state index in [1.807, 2.05) is 0 Å². The first-order chi connectivity index (χ1) is 7.55. The SMILES string of the molecule is O=C(NC1C=CS(=O)(=O)C1)NC1CCOC1. The molecule has 2 unspecified atom stereocenters. The van der Waals surface area contributed by atoms with Crippen LogP contribution in [-0.2, 0) is 14.6 Å². The van der Waals surface area contributed by atoms with Gasteiger partial charge in [0, 0.05) is 12.0 Å². The molecule has 0 aromatic carbocycles. The summed E-state index contributed by atoms with van der Waals surface area (Å²) in [5, 5.41) is 6.45. The Morgan fingerprint density at radius 2 is 2.19 bits per heavy atom. The minimum Gasteiger partial charge on any atom is -0.379 e. The normalized spacial score (nSPS) is 31.5. The van der Waals surface area contributed by atoms with Crippen molar-refractivity contribution in [3.8, 4) is 0 Å². The second-order valence-electron chi connectivity index (χ2n) is 3.94. The lowest BCUT2D eigenvalue weighted by Gasteiger charge is -2.14. The molecule has 0 aromatic heterocycles. The molecule has 0 spiro atoms. The zero-order valence-corrected chi connectivity index (χ0v) is 9.50.